The molecule has 1 aliphatic rings. The van der Waals surface area contributed by atoms with E-state index in [9.17, 15) is 19.7 Å². The molecule has 160 valence electrons. The Morgan fingerprint density at radius 1 is 1.26 bits per heavy atom. The first-order valence-electron chi connectivity index (χ1n) is 8.78. The number of nitro groups is 1. The van der Waals surface area contributed by atoms with Crippen molar-refractivity contribution in [2.24, 2.45) is 4.99 Å². The van der Waals surface area contributed by atoms with Gasteiger partial charge in [-0.3, -0.25) is 14.9 Å². The van der Waals surface area contributed by atoms with E-state index in [1.165, 1.54) is 37.5 Å². The lowest BCUT2D eigenvalue weighted by Gasteiger charge is -2.11. The molecular formula is C20H14Cl2N2O7. The minimum Gasteiger partial charge on any atom is -0.493 e. The van der Waals surface area contributed by atoms with Crippen LogP contribution in [0.2, 0.25) is 10.0 Å². The van der Waals surface area contributed by atoms with Crippen LogP contribution in [0.3, 0.4) is 0 Å². The highest BCUT2D eigenvalue weighted by molar-refractivity contribution is 6.34. The highest BCUT2D eigenvalue weighted by Crippen LogP contribution is 2.37. The Kier molecular flexibility index (Phi) is 6.57. The second-order valence-corrected chi connectivity index (χ2v) is 6.93. The summed E-state index contributed by atoms with van der Waals surface area (Å²) in [6, 6.07) is 6.65. The fraction of sp³-hybridized carbons (Fsp3) is 0.150. The molecule has 1 heterocycles. The lowest BCUT2D eigenvalue weighted by molar-refractivity contribution is -0.384. The first-order valence-corrected chi connectivity index (χ1v) is 9.54. The number of carbonyl (C=O) groups is 2. The molecule has 0 N–H and O–H groups in total. The number of halogens is 2. The van der Waals surface area contributed by atoms with Crippen LogP contribution in [0.25, 0.3) is 6.08 Å². The predicted molar refractivity (Wildman–Crippen MR) is 113 cm³/mol. The van der Waals surface area contributed by atoms with Crippen LogP contribution in [0.1, 0.15) is 24.5 Å². The summed E-state index contributed by atoms with van der Waals surface area (Å²) in [6.07, 6.45) is 1.52. The van der Waals surface area contributed by atoms with Crippen molar-refractivity contribution in [3.05, 3.63) is 67.3 Å². The first-order chi connectivity index (χ1) is 14.7. The molecule has 31 heavy (non-hydrogen) atoms. The molecule has 0 amide bonds. The van der Waals surface area contributed by atoms with E-state index in [0.717, 1.165) is 6.07 Å². The number of nitrogens with zero attached hydrogens (tertiary/aromatic N) is 2. The van der Waals surface area contributed by atoms with Gasteiger partial charge in [-0.15, -0.1) is 0 Å². The van der Waals surface area contributed by atoms with Crippen molar-refractivity contribution in [3.63, 3.8) is 0 Å². The van der Waals surface area contributed by atoms with Crippen LogP contribution in [0.5, 0.6) is 11.5 Å². The fourth-order valence-corrected chi connectivity index (χ4v) is 3.04. The molecule has 3 rings (SSSR count). The summed E-state index contributed by atoms with van der Waals surface area (Å²) in [5, 5.41) is 11.2. The van der Waals surface area contributed by atoms with Gasteiger partial charge in [0.05, 0.1) is 27.6 Å². The maximum absolute atomic E-state index is 12.3. The fourth-order valence-electron chi connectivity index (χ4n) is 2.58. The highest BCUT2D eigenvalue weighted by atomic mass is 35.5. The van der Waals surface area contributed by atoms with Crippen LogP contribution < -0.4 is 9.47 Å². The SMILES string of the molecule is CCC(=O)Oc1c(Cl)cc(/C=C2\N=C(c3cc([N+](=O)[O-])ccc3Cl)OC2=O)cc1OC. The number of hydrogen-bond donors (Lipinski definition) is 0. The number of nitro benzene ring substituents is 1. The Morgan fingerprint density at radius 3 is 2.65 bits per heavy atom. The number of methoxy groups -OCH3 is 1. The summed E-state index contributed by atoms with van der Waals surface area (Å²) in [5.41, 5.74) is 0.198. The number of hydrogen-bond acceptors (Lipinski definition) is 8. The van der Waals surface area contributed by atoms with Crippen LogP contribution in [-0.2, 0) is 14.3 Å². The lowest BCUT2D eigenvalue weighted by Crippen LogP contribution is -2.07. The number of carbonyl (C=O) groups excluding carboxylic acids is 2. The molecule has 0 fully saturated rings. The van der Waals surface area contributed by atoms with Gasteiger partial charge in [0.15, 0.2) is 17.2 Å². The van der Waals surface area contributed by atoms with E-state index < -0.39 is 16.9 Å². The number of ether oxygens (including phenoxy) is 3. The van der Waals surface area contributed by atoms with Crippen molar-refractivity contribution in [1.29, 1.82) is 0 Å². The molecule has 2 aromatic rings. The summed E-state index contributed by atoms with van der Waals surface area (Å²) < 4.78 is 15.5. The van der Waals surface area contributed by atoms with Crippen molar-refractivity contribution < 1.29 is 28.7 Å². The molecule has 0 atom stereocenters. The maximum Gasteiger partial charge on any atom is 0.363 e. The Hall–Kier alpha value is -3.43. The van der Waals surface area contributed by atoms with Gasteiger partial charge in [-0.05, 0) is 29.8 Å². The molecule has 0 aliphatic carbocycles. The van der Waals surface area contributed by atoms with Gasteiger partial charge in [-0.1, -0.05) is 30.1 Å². The molecule has 0 unspecified atom stereocenters. The molecule has 0 saturated heterocycles. The molecule has 1 aliphatic heterocycles. The van der Waals surface area contributed by atoms with Gasteiger partial charge in [-0.25, -0.2) is 9.79 Å². The number of benzene rings is 2. The van der Waals surface area contributed by atoms with E-state index in [-0.39, 0.29) is 50.8 Å². The molecule has 9 nitrogen and oxygen atoms in total. The van der Waals surface area contributed by atoms with E-state index in [4.69, 9.17) is 37.4 Å². The Balaban J connectivity index is 1.99. The monoisotopic (exact) mass is 464 g/mol. The zero-order chi connectivity index (χ0) is 22.7. The average molecular weight is 465 g/mol. The zero-order valence-electron chi connectivity index (χ0n) is 16.2. The Morgan fingerprint density at radius 2 is 2.00 bits per heavy atom. The third-order valence-electron chi connectivity index (χ3n) is 4.07. The van der Waals surface area contributed by atoms with E-state index >= 15 is 0 Å². The van der Waals surface area contributed by atoms with Gasteiger partial charge in [0.1, 0.15) is 0 Å². The summed E-state index contributed by atoms with van der Waals surface area (Å²) >= 11 is 12.3. The molecule has 0 radical (unpaired) electrons. The normalized spacial score (nSPS) is 14.3. The third-order valence-corrected chi connectivity index (χ3v) is 4.68. The van der Waals surface area contributed by atoms with Crippen molar-refractivity contribution in [2.75, 3.05) is 7.11 Å². The standard InChI is InChI=1S/C20H14Cl2N2O7/c1-3-17(25)30-18-14(22)6-10(8-16(18)29-2)7-15-20(26)31-19(23-15)12-9-11(24(27)28)4-5-13(12)21/h4-9H,3H2,1-2H3/b15-7-. The van der Waals surface area contributed by atoms with Crippen molar-refractivity contribution in [3.8, 4) is 11.5 Å². The minimum absolute atomic E-state index is 0.0553. The van der Waals surface area contributed by atoms with E-state index in [2.05, 4.69) is 4.99 Å². The lowest BCUT2D eigenvalue weighted by atomic mass is 10.1. The summed E-state index contributed by atoms with van der Waals surface area (Å²) in [4.78, 5) is 38.4. The van der Waals surface area contributed by atoms with E-state index in [1.54, 1.807) is 6.92 Å². The van der Waals surface area contributed by atoms with Gasteiger partial charge >= 0.3 is 11.9 Å². The zero-order valence-corrected chi connectivity index (χ0v) is 17.7. The summed E-state index contributed by atoms with van der Waals surface area (Å²) in [5.74, 6) is -1.21. The van der Waals surface area contributed by atoms with Crippen LogP contribution in [-0.4, -0.2) is 29.9 Å². The van der Waals surface area contributed by atoms with Crippen LogP contribution in [0.15, 0.2) is 41.0 Å². The second-order valence-electron chi connectivity index (χ2n) is 6.12. The molecule has 11 heteroatoms. The molecule has 0 bridgehead atoms. The van der Waals surface area contributed by atoms with Crippen molar-refractivity contribution >= 4 is 52.8 Å². The summed E-state index contributed by atoms with van der Waals surface area (Å²) in [7, 11) is 1.37. The molecule has 0 saturated carbocycles. The molecular weight excluding hydrogens is 451 g/mol. The highest BCUT2D eigenvalue weighted by Gasteiger charge is 2.27. The third kappa shape index (κ3) is 4.84. The van der Waals surface area contributed by atoms with E-state index in [0.29, 0.717) is 5.56 Å². The smallest absolute Gasteiger partial charge is 0.363 e. The first kappa shape index (κ1) is 22.3. The number of cyclic esters (lactones) is 1. The van der Waals surface area contributed by atoms with E-state index in [1.807, 2.05) is 0 Å². The largest absolute Gasteiger partial charge is 0.493 e. The molecule has 0 spiro atoms. The van der Waals surface area contributed by atoms with Gasteiger partial charge in [0.2, 0.25) is 5.90 Å². The molecule has 0 aromatic heterocycles. The Bertz CT molecular complexity index is 1160. The van der Waals surface area contributed by atoms with Crippen molar-refractivity contribution in [2.45, 2.75) is 13.3 Å². The maximum atomic E-state index is 12.3. The topological polar surface area (TPSA) is 117 Å². The summed E-state index contributed by atoms with van der Waals surface area (Å²) in [6.45, 7) is 1.64. The molecule has 2 aromatic carbocycles. The second kappa shape index (κ2) is 9.15. The number of non-ortho nitro benzene ring substituents is 1. The van der Waals surface area contributed by atoms with Crippen LogP contribution in [0, 0.1) is 10.1 Å². The van der Waals surface area contributed by atoms with Crippen LogP contribution >= 0.6 is 23.2 Å². The van der Waals surface area contributed by atoms with Gasteiger partial charge < -0.3 is 14.2 Å². The predicted octanol–water partition coefficient (Wildman–Crippen LogP) is 4.57. The average Bonchev–Trinajstić information content (AvgIpc) is 3.09. The number of esters is 2. The van der Waals surface area contributed by atoms with Crippen molar-refractivity contribution in [1.82, 2.24) is 0 Å². The van der Waals surface area contributed by atoms with Crippen LogP contribution in [0.4, 0.5) is 5.69 Å². The Labute approximate surface area is 186 Å². The number of aliphatic imine (C=N–C) groups is 1. The van der Waals surface area contributed by atoms with Gasteiger partial charge in [-0.2, -0.15) is 0 Å². The van der Waals surface area contributed by atoms with Gasteiger partial charge in [0.25, 0.3) is 5.69 Å². The minimum atomic E-state index is -0.783. The number of rotatable bonds is 6. The van der Waals surface area contributed by atoms with Gasteiger partial charge in [0, 0.05) is 18.6 Å². The quantitative estimate of drug-likeness (QED) is 0.202.